The Kier molecular flexibility index (Phi) is 3.24. The molecule has 0 atom stereocenters. The van der Waals surface area contributed by atoms with Crippen molar-refractivity contribution in [3.8, 4) is 0 Å². The first-order valence-corrected chi connectivity index (χ1v) is 5.51. The van der Waals surface area contributed by atoms with Gasteiger partial charge in [0.2, 0.25) is 0 Å². The Balaban J connectivity index is 1.96. The predicted molar refractivity (Wildman–Crippen MR) is 63.1 cm³/mol. The lowest BCUT2D eigenvalue weighted by Crippen LogP contribution is -2.06. The summed E-state index contributed by atoms with van der Waals surface area (Å²) in [5, 5.41) is 7.43. The molecule has 0 radical (unpaired) electrons. The van der Waals surface area contributed by atoms with Gasteiger partial charge in [0, 0.05) is 26.0 Å². The first-order valence-electron chi connectivity index (χ1n) is 5.51. The van der Waals surface area contributed by atoms with Crippen LogP contribution in [-0.4, -0.2) is 19.3 Å². The van der Waals surface area contributed by atoms with Gasteiger partial charge < -0.3 is 9.88 Å². The van der Waals surface area contributed by atoms with Gasteiger partial charge in [-0.15, -0.1) is 0 Å². The van der Waals surface area contributed by atoms with E-state index in [-0.39, 0.29) is 0 Å². The van der Waals surface area contributed by atoms with Gasteiger partial charge in [-0.05, 0) is 6.42 Å². The average Bonchev–Trinajstić information content (AvgIpc) is 2.85. The molecule has 2 aromatic rings. The van der Waals surface area contributed by atoms with E-state index in [1.807, 2.05) is 32.0 Å². The standard InChI is InChI=1S/C11H17N5/c1-3-4-16-9-12-6-11(16)7-13-10-5-14-15(2)8-10/h5-6,8-9,13H,3-4,7H2,1-2H3. The van der Waals surface area contributed by atoms with Crippen molar-refractivity contribution in [2.45, 2.75) is 26.4 Å². The molecule has 0 aliphatic carbocycles. The highest BCUT2D eigenvalue weighted by molar-refractivity contribution is 5.38. The minimum Gasteiger partial charge on any atom is -0.377 e. The molecule has 0 fully saturated rings. The van der Waals surface area contributed by atoms with Crippen molar-refractivity contribution in [1.82, 2.24) is 19.3 Å². The quantitative estimate of drug-likeness (QED) is 0.831. The van der Waals surface area contributed by atoms with Crippen molar-refractivity contribution in [3.05, 3.63) is 30.6 Å². The summed E-state index contributed by atoms with van der Waals surface area (Å²) in [4.78, 5) is 4.16. The second-order valence-corrected chi connectivity index (χ2v) is 3.83. The molecule has 5 heteroatoms. The Bertz CT molecular complexity index is 443. The molecule has 0 aliphatic heterocycles. The summed E-state index contributed by atoms with van der Waals surface area (Å²) in [6, 6.07) is 0. The summed E-state index contributed by atoms with van der Waals surface area (Å²) in [6.07, 6.45) is 8.68. The number of rotatable bonds is 5. The maximum absolute atomic E-state index is 4.16. The minimum absolute atomic E-state index is 0.783. The van der Waals surface area contributed by atoms with Crippen molar-refractivity contribution >= 4 is 5.69 Å². The van der Waals surface area contributed by atoms with E-state index in [2.05, 4.69) is 26.9 Å². The Morgan fingerprint density at radius 1 is 1.38 bits per heavy atom. The predicted octanol–water partition coefficient (Wildman–Crippen LogP) is 1.64. The van der Waals surface area contributed by atoms with E-state index in [9.17, 15) is 0 Å². The summed E-state index contributed by atoms with van der Waals surface area (Å²) >= 11 is 0. The van der Waals surface area contributed by atoms with Crippen LogP contribution in [0.3, 0.4) is 0 Å². The zero-order chi connectivity index (χ0) is 11.4. The number of hydrogen-bond donors (Lipinski definition) is 1. The normalized spacial score (nSPS) is 10.6. The van der Waals surface area contributed by atoms with Crippen LogP contribution in [0.5, 0.6) is 0 Å². The van der Waals surface area contributed by atoms with Gasteiger partial charge in [0.25, 0.3) is 0 Å². The fraction of sp³-hybridized carbons (Fsp3) is 0.455. The van der Waals surface area contributed by atoms with Crippen LogP contribution in [0.2, 0.25) is 0 Å². The van der Waals surface area contributed by atoms with Gasteiger partial charge in [-0.1, -0.05) is 6.92 Å². The van der Waals surface area contributed by atoms with Gasteiger partial charge in [0.15, 0.2) is 0 Å². The van der Waals surface area contributed by atoms with Crippen LogP contribution in [0.1, 0.15) is 19.0 Å². The molecule has 2 heterocycles. The molecular weight excluding hydrogens is 202 g/mol. The van der Waals surface area contributed by atoms with Crippen LogP contribution >= 0.6 is 0 Å². The molecule has 0 saturated carbocycles. The number of nitrogens with zero attached hydrogens (tertiary/aromatic N) is 4. The number of imidazole rings is 1. The van der Waals surface area contributed by atoms with Gasteiger partial charge in [-0.3, -0.25) is 4.68 Å². The van der Waals surface area contributed by atoms with Crippen LogP contribution < -0.4 is 5.32 Å². The lowest BCUT2D eigenvalue weighted by molar-refractivity contribution is 0.651. The Labute approximate surface area is 95.1 Å². The third kappa shape index (κ3) is 2.42. The van der Waals surface area contributed by atoms with Crippen LogP contribution in [0.15, 0.2) is 24.9 Å². The summed E-state index contributed by atoms with van der Waals surface area (Å²) < 4.78 is 3.95. The maximum atomic E-state index is 4.16. The molecule has 2 rings (SSSR count). The summed E-state index contributed by atoms with van der Waals surface area (Å²) in [6.45, 7) is 3.97. The average molecular weight is 219 g/mol. The fourth-order valence-corrected chi connectivity index (χ4v) is 1.64. The molecule has 16 heavy (non-hydrogen) atoms. The summed E-state index contributed by atoms with van der Waals surface area (Å²) in [7, 11) is 1.91. The second kappa shape index (κ2) is 4.83. The van der Waals surface area contributed by atoms with E-state index < -0.39 is 0 Å². The molecule has 0 bridgehead atoms. The van der Waals surface area contributed by atoms with Gasteiger partial charge in [-0.2, -0.15) is 5.10 Å². The van der Waals surface area contributed by atoms with Crippen molar-refractivity contribution in [2.24, 2.45) is 7.05 Å². The third-order valence-corrected chi connectivity index (χ3v) is 2.44. The van der Waals surface area contributed by atoms with Crippen molar-refractivity contribution in [3.63, 3.8) is 0 Å². The molecule has 2 aromatic heterocycles. The van der Waals surface area contributed by atoms with Gasteiger partial charge in [0.05, 0.1) is 30.5 Å². The van der Waals surface area contributed by atoms with Gasteiger partial charge >= 0.3 is 0 Å². The fourth-order valence-electron chi connectivity index (χ4n) is 1.64. The number of aromatic nitrogens is 4. The first-order chi connectivity index (χ1) is 7.79. The number of nitrogens with one attached hydrogen (secondary N) is 1. The zero-order valence-corrected chi connectivity index (χ0v) is 9.72. The summed E-state index contributed by atoms with van der Waals surface area (Å²) in [5.41, 5.74) is 2.23. The lowest BCUT2D eigenvalue weighted by atomic mass is 10.4. The van der Waals surface area contributed by atoms with Crippen LogP contribution in [0.4, 0.5) is 5.69 Å². The Morgan fingerprint density at radius 2 is 2.25 bits per heavy atom. The number of aryl methyl sites for hydroxylation is 2. The molecule has 5 nitrogen and oxygen atoms in total. The van der Waals surface area contributed by atoms with Gasteiger partial charge in [-0.25, -0.2) is 4.98 Å². The maximum Gasteiger partial charge on any atom is 0.0948 e. The molecule has 0 amide bonds. The largest absolute Gasteiger partial charge is 0.377 e. The molecular formula is C11H17N5. The Morgan fingerprint density at radius 3 is 2.94 bits per heavy atom. The van der Waals surface area contributed by atoms with Crippen molar-refractivity contribution in [2.75, 3.05) is 5.32 Å². The Hall–Kier alpha value is -1.78. The molecule has 0 unspecified atom stereocenters. The van der Waals surface area contributed by atoms with Crippen LogP contribution in [0.25, 0.3) is 0 Å². The molecule has 0 aromatic carbocycles. The molecule has 0 saturated heterocycles. The third-order valence-electron chi connectivity index (χ3n) is 2.44. The van der Waals surface area contributed by atoms with E-state index >= 15 is 0 Å². The highest BCUT2D eigenvalue weighted by Crippen LogP contribution is 2.07. The highest BCUT2D eigenvalue weighted by Gasteiger charge is 2.01. The van der Waals surface area contributed by atoms with Crippen LogP contribution in [-0.2, 0) is 20.1 Å². The van der Waals surface area contributed by atoms with E-state index in [1.165, 1.54) is 5.69 Å². The topological polar surface area (TPSA) is 47.7 Å². The van der Waals surface area contributed by atoms with Gasteiger partial charge in [0.1, 0.15) is 0 Å². The highest BCUT2D eigenvalue weighted by atomic mass is 15.3. The lowest BCUT2D eigenvalue weighted by Gasteiger charge is -2.07. The molecule has 86 valence electrons. The van der Waals surface area contributed by atoms with Crippen molar-refractivity contribution in [1.29, 1.82) is 0 Å². The second-order valence-electron chi connectivity index (χ2n) is 3.83. The number of anilines is 1. The molecule has 1 N–H and O–H groups in total. The molecule has 0 aliphatic rings. The zero-order valence-electron chi connectivity index (χ0n) is 9.72. The molecule has 0 spiro atoms. The van der Waals surface area contributed by atoms with E-state index in [4.69, 9.17) is 0 Å². The number of hydrogen-bond acceptors (Lipinski definition) is 3. The SMILES string of the molecule is CCCn1cncc1CNc1cnn(C)c1. The monoisotopic (exact) mass is 219 g/mol. The van der Waals surface area contributed by atoms with Crippen LogP contribution in [0, 0.1) is 0 Å². The van der Waals surface area contributed by atoms with E-state index in [1.54, 1.807) is 4.68 Å². The minimum atomic E-state index is 0.783. The first kappa shape index (κ1) is 10.7. The summed E-state index contributed by atoms with van der Waals surface area (Å²) in [5.74, 6) is 0. The van der Waals surface area contributed by atoms with E-state index in [0.29, 0.717) is 0 Å². The van der Waals surface area contributed by atoms with Crippen molar-refractivity contribution < 1.29 is 0 Å². The smallest absolute Gasteiger partial charge is 0.0948 e. The van der Waals surface area contributed by atoms with E-state index in [0.717, 1.165) is 25.2 Å².